The lowest BCUT2D eigenvalue weighted by molar-refractivity contribution is -0.143. The van der Waals surface area contributed by atoms with Crippen LogP contribution in [0.25, 0.3) is 0 Å². The van der Waals surface area contributed by atoms with E-state index in [2.05, 4.69) is 28.6 Å². The third kappa shape index (κ3) is 9.89. The van der Waals surface area contributed by atoms with Crippen LogP contribution in [0.1, 0.15) is 33.6 Å². The minimum Gasteiger partial charge on any atom is -0.480 e. The molecule has 0 aromatic carbocycles. The fraction of sp³-hybridized carbons (Fsp3) is 0.706. The highest BCUT2D eigenvalue weighted by molar-refractivity contribution is 7.80. The zero-order chi connectivity index (χ0) is 23.6. The minimum atomic E-state index is -1.51. The molecular weight excluding hydrogens is 418 g/mol. The normalized spacial score (nSPS) is 16.0. The average molecular weight is 450 g/mol. The summed E-state index contributed by atoms with van der Waals surface area (Å²) >= 11 is 3.87. The number of aliphatic hydroxyl groups is 1. The van der Waals surface area contributed by atoms with Crippen molar-refractivity contribution in [2.75, 3.05) is 5.75 Å². The van der Waals surface area contributed by atoms with Crippen LogP contribution in [0.3, 0.4) is 0 Å². The van der Waals surface area contributed by atoms with E-state index in [4.69, 9.17) is 11.5 Å². The minimum absolute atomic E-state index is 0.0148. The maximum absolute atomic E-state index is 12.5. The number of hydrogen-bond donors (Lipinski definition) is 8. The molecule has 0 bridgehead atoms. The van der Waals surface area contributed by atoms with Crippen molar-refractivity contribution < 1.29 is 34.2 Å². The summed E-state index contributed by atoms with van der Waals surface area (Å²) in [5.74, 6) is -4.97. The number of hydrogen-bond acceptors (Lipinski definition) is 8. The van der Waals surface area contributed by atoms with Crippen LogP contribution in [0.4, 0.5) is 0 Å². The number of nitrogens with two attached hydrogens (primary N) is 2. The number of carbonyl (C=O) groups is 5. The molecule has 0 saturated heterocycles. The number of amides is 4. The number of nitrogens with one attached hydrogen (secondary N) is 3. The second-order valence-corrected chi connectivity index (χ2v) is 7.64. The van der Waals surface area contributed by atoms with Crippen LogP contribution in [0.15, 0.2) is 0 Å². The van der Waals surface area contributed by atoms with E-state index in [-0.39, 0.29) is 18.1 Å². The summed E-state index contributed by atoms with van der Waals surface area (Å²) in [5.41, 5.74) is 10.6. The highest BCUT2D eigenvalue weighted by Crippen LogP contribution is 2.06. The highest BCUT2D eigenvalue weighted by Gasteiger charge is 2.33. The third-order valence-electron chi connectivity index (χ3n) is 3.96. The Kier molecular flexibility index (Phi) is 12.0. The molecule has 9 N–H and O–H groups in total. The van der Waals surface area contributed by atoms with Crippen molar-refractivity contribution in [1.29, 1.82) is 0 Å². The predicted molar refractivity (Wildman–Crippen MR) is 110 cm³/mol. The summed E-state index contributed by atoms with van der Waals surface area (Å²) in [6, 6.07) is -5.29. The molecule has 0 aromatic heterocycles. The first-order valence-corrected chi connectivity index (χ1v) is 9.90. The molecule has 0 heterocycles. The Bertz CT molecular complexity index is 644. The summed E-state index contributed by atoms with van der Waals surface area (Å²) in [6.07, 6.45) is -1.87. The van der Waals surface area contributed by atoms with Crippen LogP contribution >= 0.6 is 12.6 Å². The Morgan fingerprint density at radius 2 is 1.47 bits per heavy atom. The van der Waals surface area contributed by atoms with Gasteiger partial charge in [-0.3, -0.25) is 19.2 Å². The maximum atomic E-state index is 12.5. The van der Waals surface area contributed by atoms with Crippen molar-refractivity contribution in [3.05, 3.63) is 0 Å². The Morgan fingerprint density at radius 3 is 1.87 bits per heavy atom. The number of aliphatic carboxylic acids is 1. The Labute approximate surface area is 179 Å². The first-order valence-electron chi connectivity index (χ1n) is 9.26. The lowest BCUT2D eigenvalue weighted by atomic mass is 10.0. The number of aliphatic hydroxyl groups excluding tert-OH is 1. The Hall–Kier alpha value is -2.38. The fourth-order valence-corrected chi connectivity index (χ4v) is 2.55. The van der Waals surface area contributed by atoms with Crippen molar-refractivity contribution >= 4 is 42.2 Å². The van der Waals surface area contributed by atoms with E-state index in [1.165, 1.54) is 6.92 Å². The van der Waals surface area contributed by atoms with Gasteiger partial charge in [0.2, 0.25) is 23.6 Å². The molecule has 0 aliphatic carbocycles. The van der Waals surface area contributed by atoms with E-state index >= 15 is 0 Å². The van der Waals surface area contributed by atoms with Gasteiger partial charge in [0.15, 0.2) is 0 Å². The second kappa shape index (κ2) is 13.0. The second-order valence-electron chi connectivity index (χ2n) is 7.28. The number of primary amides is 1. The van der Waals surface area contributed by atoms with Crippen LogP contribution in [0.5, 0.6) is 0 Å². The molecule has 0 radical (unpaired) electrons. The average Bonchev–Trinajstić information content (AvgIpc) is 2.62. The molecule has 13 heteroatoms. The van der Waals surface area contributed by atoms with Gasteiger partial charge in [-0.1, -0.05) is 13.8 Å². The van der Waals surface area contributed by atoms with Crippen LogP contribution in [-0.2, 0) is 24.0 Å². The molecule has 0 fully saturated rings. The van der Waals surface area contributed by atoms with Gasteiger partial charge in [0.25, 0.3) is 0 Å². The zero-order valence-electron chi connectivity index (χ0n) is 17.1. The van der Waals surface area contributed by atoms with Gasteiger partial charge in [0.1, 0.15) is 18.1 Å². The van der Waals surface area contributed by atoms with Crippen LogP contribution in [0, 0.1) is 5.92 Å². The quantitative estimate of drug-likeness (QED) is 0.136. The molecule has 0 saturated carbocycles. The number of carboxylic acid groups (broad SMARTS) is 1. The summed E-state index contributed by atoms with van der Waals surface area (Å²) in [4.78, 5) is 59.6. The van der Waals surface area contributed by atoms with Crippen molar-refractivity contribution in [2.24, 2.45) is 17.4 Å². The highest BCUT2D eigenvalue weighted by atomic mass is 32.1. The summed E-state index contributed by atoms with van der Waals surface area (Å²) in [7, 11) is 0. The SMILES string of the molecule is CC(C)CC(NC(=O)C(CC(N)=O)NC(=O)C(NC(=O)C(N)CS)C(C)O)C(=O)O. The maximum Gasteiger partial charge on any atom is 0.326 e. The topological polar surface area (TPSA) is 214 Å². The molecule has 5 unspecified atom stereocenters. The Balaban J connectivity index is 5.43. The molecule has 0 rings (SSSR count). The molecule has 12 nitrogen and oxygen atoms in total. The summed E-state index contributed by atoms with van der Waals surface area (Å²) < 4.78 is 0. The molecule has 0 aromatic rings. The van der Waals surface area contributed by atoms with Gasteiger partial charge in [0, 0.05) is 5.75 Å². The van der Waals surface area contributed by atoms with E-state index in [0.29, 0.717) is 0 Å². The van der Waals surface area contributed by atoms with Crippen molar-refractivity contribution in [3.8, 4) is 0 Å². The van der Waals surface area contributed by atoms with E-state index in [1.54, 1.807) is 13.8 Å². The predicted octanol–water partition coefficient (Wildman–Crippen LogP) is -2.92. The molecule has 5 atom stereocenters. The number of carbonyl (C=O) groups excluding carboxylic acids is 4. The van der Waals surface area contributed by atoms with Gasteiger partial charge in [-0.05, 0) is 19.3 Å². The van der Waals surface area contributed by atoms with Crippen LogP contribution in [-0.4, -0.2) is 75.8 Å². The molecule has 0 aliphatic heterocycles. The molecule has 0 spiro atoms. The van der Waals surface area contributed by atoms with Gasteiger partial charge < -0.3 is 37.6 Å². The fourth-order valence-electron chi connectivity index (χ4n) is 2.39. The molecule has 30 heavy (non-hydrogen) atoms. The first-order chi connectivity index (χ1) is 13.8. The largest absolute Gasteiger partial charge is 0.480 e. The van der Waals surface area contributed by atoms with Gasteiger partial charge >= 0.3 is 5.97 Å². The van der Waals surface area contributed by atoms with E-state index in [0.717, 1.165) is 0 Å². The first kappa shape index (κ1) is 27.6. The number of carboxylic acids is 1. The van der Waals surface area contributed by atoms with Crippen molar-refractivity contribution in [3.63, 3.8) is 0 Å². The monoisotopic (exact) mass is 449 g/mol. The number of thiol groups is 1. The smallest absolute Gasteiger partial charge is 0.326 e. The standard InChI is InChI=1S/C17H31N5O7S/c1-7(2)4-11(17(28)29)21-15(26)10(5-12(19)24)20-16(27)13(8(3)23)22-14(25)9(18)6-30/h7-11,13,23,30H,4-6,18H2,1-3H3,(H2,19,24)(H,20,27)(H,21,26)(H,22,25)(H,28,29). The van der Waals surface area contributed by atoms with Crippen LogP contribution < -0.4 is 27.4 Å². The Morgan fingerprint density at radius 1 is 0.933 bits per heavy atom. The molecular formula is C17H31N5O7S. The van der Waals surface area contributed by atoms with Crippen LogP contribution in [0.2, 0.25) is 0 Å². The lowest BCUT2D eigenvalue weighted by Gasteiger charge is -2.26. The van der Waals surface area contributed by atoms with Crippen molar-refractivity contribution in [2.45, 2.75) is 63.9 Å². The zero-order valence-corrected chi connectivity index (χ0v) is 18.0. The van der Waals surface area contributed by atoms with Gasteiger partial charge in [0.05, 0.1) is 18.6 Å². The van der Waals surface area contributed by atoms with Gasteiger partial charge in [-0.15, -0.1) is 0 Å². The lowest BCUT2D eigenvalue weighted by Crippen LogP contribution is -2.60. The molecule has 0 aliphatic rings. The van der Waals surface area contributed by atoms with E-state index in [1.807, 2.05) is 0 Å². The van der Waals surface area contributed by atoms with Crippen molar-refractivity contribution in [1.82, 2.24) is 16.0 Å². The summed E-state index contributed by atoms with van der Waals surface area (Å²) in [5, 5.41) is 25.8. The van der Waals surface area contributed by atoms with Gasteiger partial charge in [-0.2, -0.15) is 12.6 Å². The van der Waals surface area contributed by atoms with E-state index < -0.39 is 66.3 Å². The van der Waals surface area contributed by atoms with Gasteiger partial charge in [-0.25, -0.2) is 4.79 Å². The molecule has 4 amide bonds. The van der Waals surface area contributed by atoms with E-state index in [9.17, 15) is 34.2 Å². The summed E-state index contributed by atoms with van der Waals surface area (Å²) in [6.45, 7) is 4.75. The third-order valence-corrected chi connectivity index (χ3v) is 4.35. The number of rotatable bonds is 13. The molecule has 172 valence electrons.